The van der Waals surface area contributed by atoms with Crippen LogP contribution in [-0.4, -0.2) is 82.2 Å². The van der Waals surface area contributed by atoms with Crippen molar-refractivity contribution in [3.05, 3.63) is 65.9 Å². The third kappa shape index (κ3) is 5.95. The van der Waals surface area contributed by atoms with Crippen LogP contribution in [0.4, 0.5) is 10.5 Å². The number of para-hydroxylation sites is 1. The Labute approximate surface area is 212 Å². The fourth-order valence-corrected chi connectivity index (χ4v) is 4.19. The van der Waals surface area contributed by atoms with Gasteiger partial charge in [-0.3, -0.25) is 19.2 Å². The number of ketones is 1. The van der Waals surface area contributed by atoms with Gasteiger partial charge in [-0.1, -0.05) is 30.3 Å². The van der Waals surface area contributed by atoms with E-state index in [9.17, 15) is 24.0 Å². The van der Waals surface area contributed by atoms with Gasteiger partial charge in [0.05, 0.1) is 16.8 Å². The normalized spacial score (nSPS) is 13.3. The molecule has 0 unspecified atom stereocenters. The van der Waals surface area contributed by atoms with Gasteiger partial charge in [0.25, 0.3) is 17.6 Å². The molecule has 0 bridgehead atoms. The number of rotatable bonds is 8. The Morgan fingerprint density at radius 2 is 1.59 bits per heavy atom. The van der Waals surface area contributed by atoms with Crippen molar-refractivity contribution in [1.29, 1.82) is 0 Å². The summed E-state index contributed by atoms with van der Waals surface area (Å²) in [5.74, 6) is -2.37. The van der Waals surface area contributed by atoms with Crippen molar-refractivity contribution >= 4 is 46.2 Å². The lowest BCUT2D eigenvalue weighted by Gasteiger charge is -2.34. The van der Waals surface area contributed by atoms with Gasteiger partial charge in [-0.15, -0.1) is 0 Å². The molecule has 0 atom stereocenters. The van der Waals surface area contributed by atoms with Crippen molar-refractivity contribution in [2.75, 3.05) is 38.0 Å². The van der Waals surface area contributed by atoms with Crippen molar-refractivity contribution in [1.82, 2.24) is 20.1 Å². The van der Waals surface area contributed by atoms with E-state index in [-0.39, 0.29) is 37.5 Å². The summed E-state index contributed by atoms with van der Waals surface area (Å²) in [6.07, 6.45) is 1.69. The van der Waals surface area contributed by atoms with E-state index in [0.717, 1.165) is 0 Å². The molecule has 4 amide bonds. The van der Waals surface area contributed by atoms with Gasteiger partial charge in [0.15, 0.2) is 0 Å². The zero-order valence-electron chi connectivity index (χ0n) is 20.0. The summed E-state index contributed by atoms with van der Waals surface area (Å²) < 4.78 is 0. The van der Waals surface area contributed by atoms with Crippen LogP contribution in [0.15, 0.2) is 54.7 Å². The van der Waals surface area contributed by atoms with Crippen molar-refractivity contribution in [2.24, 2.45) is 0 Å². The van der Waals surface area contributed by atoms with E-state index in [1.807, 2.05) is 6.07 Å². The molecule has 4 N–H and O–H groups in total. The number of benzene rings is 2. The first-order chi connectivity index (χ1) is 17.8. The molecule has 11 heteroatoms. The molecule has 1 aliphatic heterocycles. The first-order valence-electron chi connectivity index (χ1n) is 11.9. The lowest BCUT2D eigenvalue weighted by molar-refractivity contribution is -0.137. The molecule has 1 aliphatic rings. The lowest BCUT2D eigenvalue weighted by Crippen LogP contribution is -2.52. The molecule has 4 rings (SSSR count). The van der Waals surface area contributed by atoms with Gasteiger partial charge in [-0.25, -0.2) is 4.79 Å². The number of urea groups is 1. The molecule has 1 aromatic heterocycles. The first kappa shape index (κ1) is 25.4. The number of aliphatic carboxylic acids is 1. The maximum absolute atomic E-state index is 13.1. The average molecular weight is 506 g/mol. The molecule has 2 heterocycles. The summed E-state index contributed by atoms with van der Waals surface area (Å²) >= 11 is 0. The number of anilines is 1. The predicted molar refractivity (Wildman–Crippen MR) is 135 cm³/mol. The molecule has 192 valence electrons. The van der Waals surface area contributed by atoms with Gasteiger partial charge in [-0.2, -0.15) is 0 Å². The number of aromatic amines is 1. The fraction of sp³-hybridized carbons (Fsp3) is 0.269. The Morgan fingerprint density at radius 1 is 0.892 bits per heavy atom. The Balaban J connectivity index is 1.37. The van der Waals surface area contributed by atoms with Crippen LogP contribution in [-0.2, 0) is 9.59 Å². The maximum Gasteiger partial charge on any atom is 0.319 e. The summed E-state index contributed by atoms with van der Waals surface area (Å²) in [5.41, 5.74) is 1.66. The Morgan fingerprint density at radius 3 is 2.30 bits per heavy atom. The van der Waals surface area contributed by atoms with Gasteiger partial charge in [0.2, 0.25) is 0 Å². The third-order valence-corrected chi connectivity index (χ3v) is 6.13. The van der Waals surface area contributed by atoms with E-state index >= 15 is 0 Å². The van der Waals surface area contributed by atoms with Crippen molar-refractivity contribution in [2.45, 2.75) is 12.8 Å². The van der Waals surface area contributed by atoms with Crippen LogP contribution in [0.3, 0.4) is 0 Å². The van der Waals surface area contributed by atoms with E-state index in [0.29, 0.717) is 41.7 Å². The number of hydrogen-bond donors (Lipinski definition) is 4. The molecule has 11 nitrogen and oxygen atoms in total. The summed E-state index contributed by atoms with van der Waals surface area (Å²) in [4.78, 5) is 67.5. The molecular weight excluding hydrogens is 478 g/mol. The number of fused-ring (bicyclic) bond motifs is 1. The standard InChI is InChI=1S/C26H27N5O6/c32-21(33)10-5-11-27-26(37)29-20-9-4-8-18-19(16-28-22(18)20)23(34)25(36)31-14-12-30(13-15-31)24(35)17-6-2-1-3-7-17/h1-4,6-9,16,28H,5,10-15H2,(H,32,33)(H2,27,29,37). The second-order valence-electron chi connectivity index (χ2n) is 8.59. The van der Waals surface area contributed by atoms with E-state index < -0.39 is 23.7 Å². The molecule has 37 heavy (non-hydrogen) atoms. The molecule has 0 radical (unpaired) electrons. The van der Waals surface area contributed by atoms with E-state index in [1.54, 1.807) is 47.4 Å². The minimum atomic E-state index is -0.937. The highest BCUT2D eigenvalue weighted by atomic mass is 16.4. The van der Waals surface area contributed by atoms with E-state index in [4.69, 9.17) is 5.11 Å². The number of carbonyl (C=O) groups excluding carboxylic acids is 4. The Kier molecular flexibility index (Phi) is 7.82. The summed E-state index contributed by atoms with van der Waals surface area (Å²) in [6, 6.07) is 13.4. The molecule has 0 saturated carbocycles. The van der Waals surface area contributed by atoms with Crippen LogP contribution >= 0.6 is 0 Å². The van der Waals surface area contributed by atoms with Crippen LogP contribution in [0.2, 0.25) is 0 Å². The number of nitrogens with zero attached hydrogens (tertiary/aromatic N) is 2. The highest BCUT2D eigenvalue weighted by molar-refractivity contribution is 6.45. The smallest absolute Gasteiger partial charge is 0.319 e. The molecule has 0 aliphatic carbocycles. The second-order valence-corrected chi connectivity index (χ2v) is 8.59. The molecular formula is C26H27N5O6. The monoisotopic (exact) mass is 505 g/mol. The minimum Gasteiger partial charge on any atom is -0.481 e. The van der Waals surface area contributed by atoms with Crippen molar-refractivity contribution < 1.29 is 29.1 Å². The van der Waals surface area contributed by atoms with Crippen molar-refractivity contribution in [3.63, 3.8) is 0 Å². The highest BCUT2D eigenvalue weighted by Gasteiger charge is 2.30. The van der Waals surface area contributed by atoms with Crippen LogP contribution in [0.5, 0.6) is 0 Å². The zero-order chi connectivity index (χ0) is 26.4. The SMILES string of the molecule is O=C(O)CCCNC(=O)Nc1cccc2c(C(=O)C(=O)N3CCN(C(=O)c4ccccc4)CC3)c[nH]c12. The number of carboxylic acid groups (broad SMARTS) is 1. The molecule has 0 spiro atoms. The molecule has 1 fully saturated rings. The van der Waals surface area contributed by atoms with Gasteiger partial charge in [-0.05, 0) is 24.6 Å². The van der Waals surface area contributed by atoms with Gasteiger partial charge >= 0.3 is 12.0 Å². The Hall–Kier alpha value is -4.67. The zero-order valence-corrected chi connectivity index (χ0v) is 20.0. The van der Waals surface area contributed by atoms with Gasteiger partial charge < -0.3 is 30.5 Å². The van der Waals surface area contributed by atoms with E-state index in [1.165, 1.54) is 11.1 Å². The summed E-state index contributed by atoms with van der Waals surface area (Å²) in [6.45, 7) is 1.36. The topological polar surface area (TPSA) is 152 Å². The van der Waals surface area contributed by atoms with Gasteiger partial charge in [0, 0.05) is 56.3 Å². The third-order valence-electron chi connectivity index (χ3n) is 6.13. The number of nitrogens with one attached hydrogen (secondary N) is 3. The van der Waals surface area contributed by atoms with Crippen molar-refractivity contribution in [3.8, 4) is 0 Å². The second kappa shape index (κ2) is 11.4. The minimum absolute atomic E-state index is 0.0512. The van der Waals surface area contributed by atoms with Crippen LogP contribution in [0.1, 0.15) is 33.6 Å². The number of hydrogen-bond acceptors (Lipinski definition) is 5. The van der Waals surface area contributed by atoms with Crippen LogP contribution < -0.4 is 10.6 Å². The quantitative estimate of drug-likeness (QED) is 0.209. The molecule has 1 saturated heterocycles. The number of Topliss-reactive ketones (excluding diaryl/α,β-unsaturated/α-hetero) is 1. The summed E-state index contributed by atoms with van der Waals surface area (Å²) in [5, 5.41) is 14.4. The number of H-pyrrole nitrogens is 1. The fourth-order valence-electron chi connectivity index (χ4n) is 4.19. The lowest BCUT2D eigenvalue weighted by atomic mass is 10.1. The molecule has 3 aromatic rings. The van der Waals surface area contributed by atoms with Gasteiger partial charge in [0.1, 0.15) is 0 Å². The number of aromatic nitrogens is 1. The average Bonchev–Trinajstić information content (AvgIpc) is 3.35. The predicted octanol–water partition coefficient (Wildman–Crippen LogP) is 2.32. The largest absolute Gasteiger partial charge is 0.481 e. The number of amides is 4. The first-order valence-corrected chi connectivity index (χ1v) is 11.9. The van der Waals surface area contributed by atoms with Crippen LogP contribution in [0, 0.1) is 0 Å². The van der Waals surface area contributed by atoms with Crippen LogP contribution in [0.25, 0.3) is 10.9 Å². The molecule has 2 aromatic carbocycles. The maximum atomic E-state index is 13.1. The Bertz CT molecular complexity index is 1330. The number of piperazine rings is 1. The number of carboxylic acids is 1. The summed E-state index contributed by atoms with van der Waals surface area (Å²) in [7, 11) is 0. The van der Waals surface area contributed by atoms with E-state index in [2.05, 4.69) is 15.6 Å². The number of carbonyl (C=O) groups is 5. The highest BCUT2D eigenvalue weighted by Crippen LogP contribution is 2.26.